The van der Waals surface area contributed by atoms with Gasteiger partial charge in [0, 0.05) is 5.02 Å². The van der Waals surface area contributed by atoms with Crippen molar-refractivity contribution < 1.29 is 21.0 Å². The fourth-order valence-electron chi connectivity index (χ4n) is 0.906. The van der Waals surface area contributed by atoms with Crippen molar-refractivity contribution in [2.24, 2.45) is 0 Å². The van der Waals surface area contributed by atoms with E-state index in [1.807, 2.05) is 4.72 Å². The second-order valence-corrected chi connectivity index (χ2v) is 6.72. The van der Waals surface area contributed by atoms with Crippen LogP contribution >= 0.6 is 11.6 Å². The Morgan fingerprint density at radius 3 is 2.24 bits per heavy atom. The van der Waals surface area contributed by atoms with Crippen molar-refractivity contribution in [3.8, 4) is 0 Å². The normalized spacial score (nSPS) is 12.6. The highest BCUT2D eigenvalue weighted by Gasteiger charge is 2.21. The third-order valence-electron chi connectivity index (χ3n) is 1.76. The number of pyridine rings is 1. The van der Waals surface area contributed by atoms with Crippen molar-refractivity contribution in [2.75, 3.05) is 14.2 Å². The van der Waals surface area contributed by atoms with Gasteiger partial charge in [-0.1, -0.05) is 11.6 Å². The van der Waals surface area contributed by atoms with Gasteiger partial charge >= 0.3 is 10.1 Å². The average molecular weight is 301 g/mol. The molecule has 0 unspecified atom stereocenters. The zero-order valence-corrected chi connectivity index (χ0v) is 11.2. The lowest BCUT2D eigenvalue weighted by Crippen LogP contribution is -2.21. The molecule has 0 spiro atoms. The minimum Gasteiger partial charge on any atom is -0.269 e. The molecular formula is C7H9ClN2O5S2. The van der Waals surface area contributed by atoms with Crippen molar-refractivity contribution in [1.82, 2.24) is 9.71 Å². The first kappa shape index (κ1) is 14.3. The van der Waals surface area contributed by atoms with Crippen LogP contribution in [0.5, 0.6) is 0 Å². The summed E-state index contributed by atoms with van der Waals surface area (Å²) in [6.07, 6.45) is 0. The van der Waals surface area contributed by atoms with Gasteiger partial charge in [-0.15, -0.1) is 0 Å². The van der Waals surface area contributed by atoms with Crippen molar-refractivity contribution in [3.63, 3.8) is 0 Å². The maximum Gasteiger partial charge on any atom is 0.314 e. The average Bonchev–Trinajstić information content (AvgIpc) is 2.28. The van der Waals surface area contributed by atoms with E-state index in [0.29, 0.717) is 0 Å². The van der Waals surface area contributed by atoms with Gasteiger partial charge in [0.2, 0.25) is 0 Å². The molecule has 0 aliphatic carbocycles. The molecule has 0 radical (unpaired) electrons. The van der Waals surface area contributed by atoms with Gasteiger partial charge in [0.25, 0.3) is 10.0 Å². The van der Waals surface area contributed by atoms with Gasteiger partial charge in [-0.3, -0.25) is 4.18 Å². The van der Waals surface area contributed by atoms with Crippen LogP contribution in [-0.4, -0.2) is 36.0 Å². The standard InChI is InChI=1S/C7H9ClN2O5S2/c1-9-16(11,12)6-3-5(8)4-7(10-6)17(13,14)15-2/h3-4,9H,1-2H3. The molecule has 17 heavy (non-hydrogen) atoms. The van der Waals surface area contributed by atoms with Gasteiger partial charge in [0.1, 0.15) is 0 Å². The Bertz CT molecular complexity index is 573. The fourth-order valence-corrected chi connectivity index (χ4v) is 2.66. The largest absolute Gasteiger partial charge is 0.314 e. The van der Waals surface area contributed by atoms with Crippen molar-refractivity contribution in [1.29, 1.82) is 0 Å². The molecule has 0 atom stereocenters. The molecule has 1 rings (SSSR count). The Kier molecular flexibility index (Phi) is 4.10. The minimum absolute atomic E-state index is 0.0792. The Morgan fingerprint density at radius 1 is 1.24 bits per heavy atom. The SMILES string of the molecule is CNS(=O)(=O)c1cc(Cl)cc(S(=O)(=O)OC)n1. The monoisotopic (exact) mass is 300 g/mol. The summed E-state index contributed by atoms with van der Waals surface area (Å²) in [5.41, 5.74) is 0. The molecule has 0 saturated heterocycles. The van der Waals surface area contributed by atoms with Crippen molar-refractivity contribution in [3.05, 3.63) is 17.2 Å². The van der Waals surface area contributed by atoms with Crippen LogP contribution in [0.2, 0.25) is 5.02 Å². The van der Waals surface area contributed by atoms with E-state index in [1.54, 1.807) is 0 Å². The number of hydrogen-bond donors (Lipinski definition) is 1. The lowest BCUT2D eigenvalue weighted by molar-refractivity contribution is 0.394. The fraction of sp³-hybridized carbons (Fsp3) is 0.286. The zero-order valence-electron chi connectivity index (χ0n) is 8.84. The molecule has 0 aliphatic heterocycles. The first-order valence-corrected chi connectivity index (χ1v) is 7.41. The van der Waals surface area contributed by atoms with Crippen LogP contribution in [0.4, 0.5) is 0 Å². The molecule has 0 amide bonds. The molecule has 1 aromatic rings. The predicted molar refractivity (Wildman–Crippen MR) is 59.7 cm³/mol. The van der Waals surface area contributed by atoms with Crippen molar-refractivity contribution in [2.45, 2.75) is 10.1 Å². The van der Waals surface area contributed by atoms with Crippen LogP contribution in [0.15, 0.2) is 22.2 Å². The van der Waals surface area contributed by atoms with Gasteiger partial charge < -0.3 is 0 Å². The van der Waals surface area contributed by atoms with E-state index in [4.69, 9.17) is 11.6 Å². The summed E-state index contributed by atoms with van der Waals surface area (Å²) in [5.74, 6) is 0. The van der Waals surface area contributed by atoms with Gasteiger partial charge in [0.15, 0.2) is 10.1 Å². The van der Waals surface area contributed by atoms with Crippen LogP contribution in [0.3, 0.4) is 0 Å². The summed E-state index contributed by atoms with van der Waals surface area (Å²) in [5, 5.41) is -1.14. The van der Waals surface area contributed by atoms with E-state index in [0.717, 1.165) is 19.2 Å². The summed E-state index contributed by atoms with van der Waals surface area (Å²) in [4.78, 5) is 3.47. The molecule has 0 aromatic carbocycles. The molecule has 0 aliphatic rings. The van der Waals surface area contributed by atoms with Crippen LogP contribution in [0, 0.1) is 0 Å². The van der Waals surface area contributed by atoms with Crippen LogP contribution in [0.1, 0.15) is 0 Å². The van der Waals surface area contributed by atoms with E-state index in [2.05, 4.69) is 9.17 Å². The molecule has 1 N–H and O–H groups in total. The van der Waals surface area contributed by atoms with Crippen LogP contribution in [0.25, 0.3) is 0 Å². The van der Waals surface area contributed by atoms with E-state index < -0.39 is 30.2 Å². The Hall–Kier alpha value is -0.740. The molecule has 10 heteroatoms. The summed E-state index contributed by atoms with van der Waals surface area (Å²) in [7, 11) is -5.87. The highest BCUT2D eigenvalue weighted by Crippen LogP contribution is 2.19. The second-order valence-electron chi connectivity index (χ2n) is 2.79. The van der Waals surface area contributed by atoms with E-state index >= 15 is 0 Å². The summed E-state index contributed by atoms with van der Waals surface area (Å²) in [6.45, 7) is 0. The number of nitrogens with one attached hydrogen (secondary N) is 1. The first-order chi connectivity index (χ1) is 7.73. The number of halogens is 1. The molecule has 1 aromatic heterocycles. The minimum atomic E-state index is -4.10. The first-order valence-electron chi connectivity index (χ1n) is 4.14. The number of nitrogens with zero attached hydrogens (tertiary/aromatic N) is 1. The third-order valence-corrected chi connectivity index (χ3v) is 4.44. The maximum absolute atomic E-state index is 11.5. The van der Waals surface area contributed by atoms with E-state index in [-0.39, 0.29) is 5.02 Å². The summed E-state index contributed by atoms with van der Waals surface area (Å²) >= 11 is 5.62. The Labute approximate surface area is 104 Å². The molecule has 1 heterocycles. The van der Waals surface area contributed by atoms with E-state index in [9.17, 15) is 16.8 Å². The molecular weight excluding hydrogens is 292 g/mol. The lowest BCUT2D eigenvalue weighted by Gasteiger charge is -2.05. The highest BCUT2D eigenvalue weighted by atomic mass is 35.5. The third kappa shape index (κ3) is 3.13. The molecule has 96 valence electrons. The quantitative estimate of drug-likeness (QED) is 0.784. The predicted octanol–water partition coefficient (Wildman–Crippen LogP) is -0.0218. The van der Waals surface area contributed by atoms with Gasteiger partial charge in [-0.25, -0.2) is 18.1 Å². The summed E-state index contributed by atoms with van der Waals surface area (Å²) < 4.78 is 51.8. The topological polar surface area (TPSA) is 102 Å². The zero-order chi connectivity index (χ0) is 13.3. The lowest BCUT2D eigenvalue weighted by atomic mass is 10.5. The van der Waals surface area contributed by atoms with Crippen LogP contribution < -0.4 is 4.72 Å². The maximum atomic E-state index is 11.5. The number of sulfonamides is 1. The number of aromatic nitrogens is 1. The molecule has 0 bridgehead atoms. The highest BCUT2D eigenvalue weighted by molar-refractivity contribution is 7.89. The smallest absolute Gasteiger partial charge is 0.269 e. The van der Waals surface area contributed by atoms with Gasteiger partial charge in [-0.05, 0) is 19.2 Å². The molecule has 7 nitrogen and oxygen atoms in total. The van der Waals surface area contributed by atoms with Crippen LogP contribution in [-0.2, 0) is 24.3 Å². The Balaban J connectivity index is 3.51. The van der Waals surface area contributed by atoms with Gasteiger partial charge in [-0.2, -0.15) is 8.42 Å². The van der Waals surface area contributed by atoms with Crippen molar-refractivity contribution >= 4 is 31.7 Å². The Morgan fingerprint density at radius 2 is 1.76 bits per heavy atom. The number of rotatable bonds is 4. The number of hydrogen-bond acceptors (Lipinski definition) is 6. The molecule has 0 fully saturated rings. The van der Waals surface area contributed by atoms with Gasteiger partial charge in [0.05, 0.1) is 7.11 Å². The summed E-state index contributed by atoms with van der Waals surface area (Å²) in [6, 6.07) is 2.02. The van der Waals surface area contributed by atoms with E-state index in [1.165, 1.54) is 7.05 Å². The second kappa shape index (κ2) is 4.86. The molecule has 0 saturated carbocycles.